The summed E-state index contributed by atoms with van der Waals surface area (Å²) in [5.41, 5.74) is 3.35. The summed E-state index contributed by atoms with van der Waals surface area (Å²) in [5.74, 6) is -0.356. The number of aryl methyl sites for hydroxylation is 3. The van der Waals surface area contributed by atoms with E-state index in [9.17, 15) is 21.6 Å². The molecule has 0 N–H and O–H groups in total. The summed E-state index contributed by atoms with van der Waals surface area (Å²) < 4.78 is 53.5. The Bertz CT molecular complexity index is 1230. The molecule has 1 heterocycles. The predicted octanol–water partition coefficient (Wildman–Crippen LogP) is 2.30. The van der Waals surface area contributed by atoms with Crippen LogP contribution in [-0.4, -0.2) is 70.4 Å². The van der Waals surface area contributed by atoms with Crippen molar-refractivity contribution in [1.29, 1.82) is 0 Å². The van der Waals surface area contributed by atoms with Crippen molar-refractivity contribution >= 4 is 31.6 Å². The molecule has 3 rings (SSSR count). The van der Waals surface area contributed by atoms with E-state index in [4.69, 9.17) is 0 Å². The van der Waals surface area contributed by atoms with Gasteiger partial charge in [-0.3, -0.25) is 9.10 Å². The lowest BCUT2D eigenvalue weighted by Gasteiger charge is -2.37. The highest BCUT2D eigenvalue weighted by molar-refractivity contribution is 7.92. The molecule has 0 spiro atoms. The molecule has 1 fully saturated rings. The third-order valence-electron chi connectivity index (χ3n) is 6.02. The van der Waals surface area contributed by atoms with Crippen LogP contribution in [0.4, 0.5) is 5.69 Å². The first-order valence-electron chi connectivity index (χ1n) is 10.7. The molecule has 1 saturated heterocycles. The van der Waals surface area contributed by atoms with Gasteiger partial charge >= 0.3 is 0 Å². The Balaban J connectivity index is 1.76. The SMILES string of the molecule is Cc1ccc(S(=O)(=O)N2CCN(C(=O)[C@@H](C)N(c3ccc(C)c(C)c3)S(C)(=O)=O)CC2)cc1. The summed E-state index contributed by atoms with van der Waals surface area (Å²) in [6.45, 7) is 7.96. The molecule has 0 aliphatic carbocycles. The van der Waals surface area contributed by atoms with Crippen molar-refractivity contribution in [2.24, 2.45) is 0 Å². The number of benzene rings is 2. The fraction of sp³-hybridized carbons (Fsp3) is 0.435. The summed E-state index contributed by atoms with van der Waals surface area (Å²) in [6, 6.07) is 11.0. The van der Waals surface area contributed by atoms with Gasteiger partial charge in [-0.15, -0.1) is 0 Å². The molecule has 1 atom stereocenters. The Labute approximate surface area is 196 Å². The number of nitrogens with zero attached hydrogens (tertiary/aromatic N) is 3. The third kappa shape index (κ3) is 5.39. The number of hydrogen-bond donors (Lipinski definition) is 0. The minimum absolute atomic E-state index is 0.150. The number of anilines is 1. The van der Waals surface area contributed by atoms with Gasteiger partial charge in [-0.05, 0) is 63.1 Å². The van der Waals surface area contributed by atoms with Crippen LogP contribution in [0.1, 0.15) is 23.6 Å². The van der Waals surface area contributed by atoms with E-state index in [-0.39, 0.29) is 37.0 Å². The number of carbonyl (C=O) groups excluding carboxylic acids is 1. The van der Waals surface area contributed by atoms with E-state index < -0.39 is 26.1 Å². The smallest absolute Gasteiger partial charge is 0.246 e. The van der Waals surface area contributed by atoms with E-state index in [1.807, 2.05) is 26.8 Å². The van der Waals surface area contributed by atoms with Crippen LogP contribution in [0.25, 0.3) is 0 Å². The minimum Gasteiger partial charge on any atom is -0.338 e. The zero-order valence-corrected chi connectivity index (χ0v) is 21.3. The second-order valence-electron chi connectivity index (χ2n) is 8.55. The molecule has 0 radical (unpaired) electrons. The fourth-order valence-corrected chi connectivity index (χ4v) is 6.52. The van der Waals surface area contributed by atoms with Gasteiger partial charge in [-0.2, -0.15) is 4.31 Å². The average Bonchev–Trinajstić information content (AvgIpc) is 2.75. The van der Waals surface area contributed by atoms with E-state index in [0.717, 1.165) is 27.3 Å². The number of hydrogen-bond acceptors (Lipinski definition) is 5. The van der Waals surface area contributed by atoms with Gasteiger partial charge in [-0.25, -0.2) is 16.8 Å². The second kappa shape index (κ2) is 9.44. The van der Waals surface area contributed by atoms with Crippen molar-refractivity contribution < 1.29 is 21.6 Å². The molecule has 1 aliphatic heterocycles. The van der Waals surface area contributed by atoms with Gasteiger partial charge in [0.05, 0.1) is 16.8 Å². The Morgan fingerprint density at radius 2 is 1.45 bits per heavy atom. The topological polar surface area (TPSA) is 95.1 Å². The lowest BCUT2D eigenvalue weighted by Crippen LogP contribution is -2.56. The van der Waals surface area contributed by atoms with Crippen molar-refractivity contribution in [1.82, 2.24) is 9.21 Å². The summed E-state index contributed by atoms with van der Waals surface area (Å²) in [5, 5.41) is 0. The van der Waals surface area contributed by atoms with Crippen LogP contribution in [0, 0.1) is 20.8 Å². The predicted molar refractivity (Wildman–Crippen MR) is 129 cm³/mol. The van der Waals surface area contributed by atoms with Crippen LogP contribution < -0.4 is 4.31 Å². The van der Waals surface area contributed by atoms with Crippen molar-refractivity contribution in [3.05, 3.63) is 59.2 Å². The largest absolute Gasteiger partial charge is 0.338 e. The highest BCUT2D eigenvalue weighted by atomic mass is 32.2. The minimum atomic E-state index is -3.72. The molecule has 0 bridgehead atoms. The van der Waals surface area contributed by atoms with E-state index in [2.05, 4.69) is 0 Å². The van der Waals surface area contributed by atoms with Gasteiger partial charge in [0.1, 0.15) is 6.04 Å². The highest BCUT2D eigenvalue weighted by Crippen LogP contribution is 2.25. The van der Waals surface area contributed by atoms with E-state index in [1.165, 1.54) is 9.21 Å². The first-order valence-corrected chi connectivity index (χ1v) is 14.0. The van der Waals surface area contributed by atoms with Crippen LogP contribution >= 0.6 is 0 Å². The number of rotatable bonds is 6. The number of amides is 1. The van der Waals surface area contributed by atoms with Crippen LogP contribution in [0.5, 0.6) is 0 Å². The molecule has 2 aromatic carbocycles. The number of piperazine rings is 1. The van der Waals surface area contributed by atoms with Crippen LogP contribution in [-0.2, 0) is 24.8 Å². The van der Waals surface area contributed by atoms with Gasteiger partial charge in [0.2, 0.25) is 26.0 Å². The first-order chi connectivity index (χ1) is 15.3. The van der Waals surface area contributed by atoms with Crippen molar-refractivity contribution in [2.75, 3.05) is 36.7 Å². The Morgan fingerprint density at radius 1 is 0.879 bits per heavy atom. The van der Waals surface area contributed by atoms with E-state index >= 15 is 0 Å². The van der Waals surface area contributed by atoms with E-state index in [0.29, 0.717) is 5.69 Å². The third-order valence-corrected chi connectivity index (χ3v) is 9.18. The quantitative estimate of drug-likeness (QED) is 0.615. The Kier molecular flexibility index (Phi) is 7.21. The van der Waals surface area contributed by atoms with Gasteiger partial charge < -0.3 is 4.90 Å². The van der Waals surface area contributed by atoms with Crippen LogP contribution in [0.3, 0.4) is 0 Å². The molecule has 1 aliphatic rings. The molecule has 2 aromatic rings. The molecule has 0 aromatic heterocycles. The zero-order chi connectivity index (χ0) is 24.6. The number of carbonyl (C=O) groups is 1. The van der Waals surface area contributed by atoms with Gasteiger partial charge in [0, 0.05) is 26.2 Å². The maximum absolute atomic E-state index is 13.2. The van der Waals surface area contributed by atoms with Gasteiger partial charge in [0.25, 0.3) is 0 Å². The van der Waals surface area contributed by atoms with Gasteiger partial charge in [-0.1, -0.05) is 23.8 Å². The van der Waals surface area contributed by atoms with E-state index in [1.54, 1.807) is 43.3 Å². The summed E-state index contributed by atoms with van der Waals surface area (Å²) >= 11 is 0. The molecule has 180 valence electrons. The maximum atomic E-state index is 13.2. The molecule has 1 amide bonds. The van der Waals surface area contributed by atoms with Crippen molar-refractivity contribution in [3.8, 4) is 0 Å². The van der Waals surface area contributed by atoms with Gasteiger partial charge in [0.15, 0.2) is 0 Å². The average molecular weight is 494 g/mol. The Morgan fingerprint density at radius 3 is 1.97 bits per heavy atom. The summed E-state index contributed by atoms with van der Waals surface area (Å²) in [6.07, 6.45) is 1.08. The van der Waals surface area contributed by atoms with Crippen LogP contribution in [0.15, 0.2) is 47.4 Å². The molecule has 10 heteroatoms. The summed E-state index contributed by atoms with van der Waals surface area (Å²) in [4.78, 5) is 15.0. The van der Waals surface area contributed by atoms with Crippen molar-refractivity contribution in [3.63, 3.8) is 0 Å². The lowest BCUT2D eigenvalue weighted by atomic mass is 10.1. The molecular formula is C23H31N3O5S2. The summed E-state index contributed by atoms with van der Waals surface area (Å²) in [7, 11) is -7.38. The molecule has 0 unspecified atom stereocenters. The standard InChI is InChI=1S/C23H31N3O5S2/c1-17-6-10-22(11-7-17)33(30,31)25-14-12-24(13-15-25)23(27)20(4)26(32(5,28)29)21-9-8-18(2)19(3)16-21/h6-11,16,20H,12-15H2,1-5H3/t20-/m1/s1. The molecule has 0 saturated carbocycles. The van der Waals surface area contributed by atoms with Crippen molar-refractivity contribution in [2.45, 2.75) is 38.6 Å². The molecule has 33 heavy (non-hydrogen) atoms. The second-order valence-corrected chi connectivity index (χ2v) is 12.3. The Hall–Kier alpha value is -2.43. The fourth-order valence-electron chi connectivity index (χ4n) is 3.94. The first kappa shape index (κ1) is 25.2. The normalized spacial score (nSPS) is 16.5. The monoisotopic (exact) mass is 493 g/mol. The molecular weight excluding hydrogens is 462 g/mol. The number of sulfonamides is 2. The lowest BCUT2D eigenvalue weighted by molar-refractivity contribution is -0.133. The van der Waals surface area contributed by atoms with Crippen LogP contribution in [0.2, 0.25) is 0 Å². The molecule has 8 nitrogen and oxygen atoms in total. The highest BCUT2D eigenvalue weighted by Gasteiger charge is 2.35. The zero-order valence-electron chi connectivity index (χ0n) is 19.6. The maximum Gasteiger partial charge on any atom is 0.246 e.